The van der Waals surface area contributed by atoms with Crippen LogP contribution in [0.15, 0.2) is 30.3 Å². The van der Waals surface area contributed by atoms with Crippen LogP contribution in [0.3, 0.4) is 0 Å². The fourth-order valence-electron chi connectivity index (χ4n) is 1.26. The van der Waals surface area contributed by atoms with Gasteiger partial charge in [-0.25, -0.2) is 0 Å². The lowest BCUT2D eigenvalue weighted by Gasteiger charge is -2.05. The summed E-state index contributed by atoms with van der Waals surface area (Å²) in [5.41, 5.74) is 6.09. The molecule has 5 heteroatoms. The molecule has 98 valence electrons. The SMILES string of the molecule is NCCOC(=O)CCC(=O)OCc1ccccc1. The Kier molecular flexibility index (Phi) is 6.50. The third-order valence-corrected chi connectivity index (χ3v) is 2.16. The summed E-state index contributed by atoms with van der Waals surface area (Å²) in [5.74, 6) is -0.847. The Bertz CT molecular complexity index is 378. The second-order valence-electron chi connectivity index (χ2n) is 3.66. The van der Waals surface area contributed by atoms with Crippen molar-refractivity contribution >= 4 is 11.9 Å². The van der Waals surface area contributed by atoms with Gasteiger partial charge in [-0.3, -0.25) is 9.59 Å². The maximum absolute atomic E-state index is 11.3. The molecule has 1 aromatic rings. The molecule has 0 unspecified atom stereocenters. The zero-order chi connectivity index (χ0) is 13.2. The number of hydrogen-bond donors (Lipinski definition) is 1. The van der Waals surface area contributed by atoms with Crippen LogP contribution in [0.2, 0.25) is 0 Å². The van der Waals surface area contributed by atoms with Gasteiger partial charge in [-0.1, -0.05) is 30.3 Å². The van der Waals surface area contributed by atoms with Crippen molar-refractivity contribution in [1.82, 2.24) is 0 Å². The van der Waals surface area contributed by atoms with Crippen molar-refractivity contribution in [2.24, 2.45) is 5.73 Å². The Balaban J connectivity index is 2.16. The first kappa shape index (κ1) is 14.2. The molecule has 0 aliphatic heterocycles. The molecule has 1 aromatic carbocycles. The van der Waals surface area contributed by atoms with Crippen LogP contribution in [0.4, 0.5) is 0 Å². The maximum Gasteiger partial charge on any atom is 0.306 e. The van der Waals surface area contributed by atoms with Crippen LogP contribution in [0.25, 0.3) is 0 Å². The van der Waals surface area contributed by atoms with Crippen LogP contribution in [0.5, 0.6) is 0 Å². The minimum atomic E-state index is -0.433. The van der Waals surface area contributed by atoms with Gasteiger partial charge < -0.3 is 15.2 Å². The molecule has 0 heterocycles. The van der Waals surface area contributed by atoms with E-state index in [4.69, 9.17) is 15.2 Å². The molecular weight excluding hydrogens is 234 g/mol. The molecule has 0 aromatic heterocycles. The van der Waals surface area contributed by atoms with Gasteiger partial charge in [0.25, 0.3) is 0 Å². The number of ether oxygens (including phenoxy) is 2. The normalized spacial score (nSPS) is 9.83. The van der Waals surface area contributed by atoms with Crippen LogP contribution < -0.4 is 5.73 Å². The Hall–Kier alpha value is -1.88. The Morgan fingerprint density at radius 3 is 2.22 bits per heavy atom. The quantitative estimate of drug-likeness (QED) is 0.732. The van der Waals surface area contributed by atoms with Crippen molar-refractivity contribution in [1.29, 1.82) is 0 Å². The average Bonchev–Trinajstić information content (AvgIpc) is 2.41. The van der Waals surface area contributed by atoms with E-state index in [0.29, 0.717) is 0 Å². The van der Waals surface area contributed by atoms with Gasteiger partial charge >= 0.3 is 11.9 Å². The van der Waals surface area contributed by atoms with E-state index in [1.807, 2.05) is 30.3 Å². The van der Waals surface area contributed by atoms with Gasteiger partial charge in [0.15, 0.2) is 0 Å². The summed E-state index contributed by atoms with van der Waals surface area (Å²) in [5, 5.41) is 0. The molecule has 0 spiro atoms. The van der Waals surface area contributed by atoms with Crippen molar-refractivity contribution in [3.63, 3.8) is 0 Å². The molecule has 18 heavy (non-hydrogen) atoms. The summed E-state index contributed by atoms with van der Waals surface area (Å²) in [6.45, 7) is 0.680. The lowest BCUT2D eigenvalue weighted by molar-refractivity contribution is -0.150. The zero-order valence-electron chi connectivity index (χ0n) is 10.1. The highest BCUT2D eigenvalue weighted by molar-refractivity contribution is 5.77. The summed E-state index contributed by atoms with van der Waals surface area (Å²) in [6.07, 6.45) is 0.0455. The van der Waals surface area contributed by atoms with Gasteiger partial charge in [0.1, 0.15) is 13.2 Å². The fraction of sp³-hybridized carbons (Fsp3) is 0.385. The molecule has 0 aliphatic carbocycles. The Labute approximate surface area is 106 Å². The van der Waals surface area contributed by atoms with Gasteiger partial charge in [0.2, 0.25) is 0 Å². The summed E-state index contributed by atoms with van der Waals surface area (Å²) in [4.78, 5) is 22.4. The van der Waals surface area contributed by atoms with Crippen LogP contribution in [-0.4, -0.2) is 25.1 Å². The number of carbonyl (C=O) groups is 2. The monoisotopic (exact) mass is 251 g/mol. The highest BCUT2D eigenvalue weighted by atomic mass is 16.5. The average molecular weight is 251 g/mol. The highest BCUT2D eigenvalue weighted by Gasteiger charge is 2.08. The highest BCUT2D eigenvalue weighted by Crippen LogP contribution is 2.03. The molecule has 5 nitrogen and oxygen atoms in total. The maximum atomic E-state index is 11.3. The topological polar surface area (TPSA) is 78.6 Å². The zero-order valence-corrected chi connectivity index (χ0v) is 10.1. The molecule has 1 rings (SSSR count). The molecule has 2 N–H and O–H groups in total. The second kappa shape index (κ2) is 8.25. The van der Waals surface area contributed by atoms with E-state index < -0.39 is 11.9 Å². The smallest absolute Gasteiger partial charge is 0.306 e. The van der Waals surface area contributed by atoms with E-state index in [2.05, 4.69) is 0 Å². The van der Waals surface area contributed by atoms with E-state index in [9.17, 15) is 9.59 Å². The van der Waals surface area contributed by atoms with Crippen molar-refractivity contribution in [3.05, 3.63) is 35.9 Å². The van der Waals surface area contributed by atoms with Gasteiger partial charge in [-0.2, -0.15) is 0 Å². The molecule has 0 fully saturated rings. The van der Waals surface area contributed by atoms with E-state index in [0.717, 1.165) is 5.56 Å². The first-order valence-electron chi connectivity index (χ1n) is 5.77. The summed E-state index contributed by atoms with van der Waals surface area (Å²) < 4.78 is 9.74. The predicted molar refractivity (Wildman–Crippen MR) is 65.5 cm³/mol. The van der Waals surface area contributed by atoms with E-state index in [-0.39, 0.29) is 32.6 Å². The van der Waals surface area contributed by atoms with Gasteiger partial charge in [-0.05, 0) is 5.56 Å². The van der Waals surface area contributed by atoms with Crippen molar-refractivity contribution in [3.8, 4) is 0 Å². The van der Waals surface area contributed by atoms with Gasteiger partial charge in [0.05, 0.1) is 12.8 Å². The standard InChI is InChI=1S/C13H17NO4/c14-8-9-17-12(15)6-7-13(16)18-10-11-4-2-1-3-5-11/h1-5H,6-10,14H2. The van der Waals surface area contributed by atoms with Crippen molar-refractivity contribution in [2.75, 3.05) is 13.2 Å². The summed E-state index contributed by atoms with van der Waals surface area (Å²) in [7, 11) is 0. The van der Waals surface area contributed by atoms with Gasteiger partial charge in [-0.15, -0.1) is 0 Å². The van der Waals surface area contributed by atoms with E-state index in [1.165, 1.54) is 0 Å². The lowest BCUT2D eigenvalue weighted by atomic mass is 10.2. The molecule has 0 bridgehead atoms. The number of nitrogens with two attached hydrogens (primary N) is 1. The van der Waals surface area contributed by atoms with E-state index in [1.54, 1.807) is 0 Å². The number of esters is 2. The molecule has 0 amide bonds. The van der Waals surface area contributed by atoms with Crippen LogP contribution >= 0.6 is 0 Å². The predicted octanol–water partition coefficient (Wildman–Crippen LogP) is 1.01. The molecule has 0 radical (unpaired) electrons. The number of carbonyl (C=O) groups excluding carboxylic acids is 2. The summed E-state index contributed by atoms with van der Waals surface area (Å²) >= 11 is 0. The minimum Gasteiger partial charge on any atom is -0.464 e. The Morgan fingerprint density at radius 1 is 1.00 bits per heavy atom. The molecule has 0 saturated carbocycles. The number of benzene rings is 1. The third-order valence-electron chi connectivity index (χ3n) is 2.16. The minimum absolute atomic E-state index is 0.0215. The molecule has 0 atom stereocenters. The second-order valence-corrected chi connectivity index (χ2v) is 3.66. The van der Waals surface area contributed by atoms with Gasteiger partial charge in [0, 0.05) is 6.54 Å². The van der Waals surface area contributed by atoms with Crippen molar-refractivity contribution in [2.45, 2.75) is 19.4 Å². The first-order chi connectivity index (χ1) is 8.72. The Morgan fingerprint density at radius 2 is 1.61 bits per heavy atom. The van der Waals surface area contributed by atoms with Crippen LogP contribution in [0.1, 0.15) is 18.4 Å². The molecular formula is C13H17NO4. The summed E-state index contributed by atoms with van der Waals surface area (Å²) in [6, 6.07) is 9.35. The number of rotatable bonds is 7. The fourth-order valence-corrected chi connectivity index (χ4v) is 1.26. The van der Waals surface area contributed by atoms with Crippen LogP contribution in [0, 0.1) is 0 Å². The largest absolute Gasteiger partial charge is 0.464 e. The molecule has 0 aliphatic rings. The van der Waals surface area contributed by atoms with Crippen LogP contribution in [-0.2, 0) is 25.7 Å². The lowest BCUT2D eigenvalue weighted by Crippen LogP contribution is -2.15. The van der Waals surface area contributed by atoms with E-state index >= 15 is 0 Å². The number of hydrogen-bond acceptors (Lipinski definition) is 5. The van der Waals surface area contributed by atoms with Crippen molar-refractivity contribution < 1.29 is 19.1 Å². The first-order valence-corrected chi connectivity index (χ1v) is 5.77. The third kappa shape index (κ3) is 6.00. The molecule has 0 saturated heterocycles.